The molecule has 1 aromatic heterocycles. The molecule has 3 rings (SSSR count). The lowest BCUT2D eigenvalue weighted by Crippen LogP contribution is -2.38. The Morgan fingerprint density at radius 1 is 1.36 bits per heavy atom. The summed E-state index contributed by atoms with van der Waals surface area (Å²) in [4.78, 5) is 14.6. The monoisotopic (exact) mass is 361 g/mol. The number of rotatable bonds is 7. The summed E-state index contributed by atoms with van der Waals surface area (Å²) in [5.41, 5.74) is 2.32. The molecule has 1 saturated heterocycles. The number of carbonyl (C=O) groups excluding carboxylic acids is 1. The van der Waals surface area contributed by atoms with Gasteiger partial charge in [-0.2, -0.15) is 0 Å². The molecule has 0 radical (unpaired) electrons. The van der Waals surface area contributed by atoms with Crippen LogP contribution in [0.5, 0.6) is 0 Å². The van der Waals surface area contributed by atoms with Crippen LogP contribution in [-0.2, 0) is 16.1 Å². The topological polar surface area (TPSA) is 68.5 Å². The van der Waals surface area contributed by atoms with Crippen molar-refractivity contribution < 1.29 is 13.9 Å². The first-order valence-corrected chi connectivity index (χ1v) is 9.46. The highest BCUT2D eigenvalue weighted by Crippen LogP contribution is 2.19. The number of thioether (sulfide) groups is 1. The second-order valence-corrected chi connectivity index (χ2v) is 7.20. The van der Waals surface area contributed by atoms with Crippen LogP contribution in [0.2, 0.25) is 0 Å². The largest absolute Gasteiger partial charge is 0.416 e. The number of aryl methyl sites for hydroxylation is 2. The minimum absolute atomic E-state index is 0.0536. The number of amides is 1. The number of benzene rings is 1. The maximum Gasteiger partial charge on any atom is 0.277 e. The third-order valence-electron chi connectivity index (χ3n) is 4.08. The van der Waals surface area contributed by atoms with E-state index >= 15 is 0 Å². The van der Waals surface area contributed by atoms with Gasteiger partial charge >= 0.3 is 0 Å². The Bertz CT molecular complexity index is 713. The van der Waals surface area contributed by atoms with Crippen LogP contribution < -0.4 is 0 Å². The molecule has 0 saturated carbocycles. The zero-order valence-electron chi connectivity index (χ0n) is 14.6. The van der Waals surface area contributed by atoms with Crippen molar-refractivity contribution in [2.75, 3.05) is 18.9 Å². The van der Waals surface area contributed by atoms with E-state index in [0.29, 0.717) is 24.2 Å². The average Bonchev–Trinajstić information content (AvgIpc) is 3.24. The molecule has 1 fully saturated rings. The average molecular weight is 361 g/mol. The van der Waals surface area contributed by atoms with Gasteiger partial charge in [-0.1, -0.05) is 41.6 Å². The van der Waals surface area contributed by atoms with Crippen LogP contribution in [0.3, 0.4) is 0 Å². The predicted octanol–water partition coefficient (Wildman–Crippen LogP) is 2.99. The summed E-state index contributed by atoms with van der Waals surface area (Å²) >= 11 is 1.28. The molecule has 7 heteroatoms. The van der Waals surface area contributed by atoms with Crippen molar-refractivity contribution in [2.45, 2.75) is 44.6 Å². The van der Waals surface area contributed by atoms with Crippen LogP contribution in [0.15, 0.2) is 33.9 Å². The summed E-state index contributed by atoms with van der Waals surface area (Å²) in [6.07, 6.45) is 2.20. The van der Waals surface area contributed by atoms with Gasteiger partial charge in [-0.3, -0.25) is 4.79 Å². The zero-order valence-corrected chi connectivity index (χ0v) is 15.4. The van der Waals surface area contributed by atoms with Crippen molar-refractivity contribution in [3.63, 3.8) is 0 Å². The Morgan fingerprint density at radius 3 is 2.92 bits per heavy atom. The lowest BCUT2D eigenvalue weighted by Gasteiger charge is -2.25. The Labute approximate surface area is 151 Å². The highest BCUT2D eigenvalue weighted by Gasteiger charge is 2.23. The third-order valence-corrected chi connectivity index (χ3v) is 4.89. The molecule has 0 bridgehead atoms. The van der Waals surface area contributed by atoms with Crippen molar-refractivity contribution >= 4 is 17.7 Å². The van der Waals surface area contributed by atoms with Gasteiger partial charge in [0.05, 0.1) is 11.9 Å². The quantitative estimate of drug-likeness (QED) is 0.706. The standard InChI is InChI=1S/C18H23N3O3S/c1-13-5-3-6-15(9-13)10-21(11-16-7-4-8-23-16)17(22)12-25-18-20-19-14(2)24-18/h3,5-6,9,16H,4,7-8,10-12H2,1-2H3. The first-order valence-electron chi connectivity index (χ1n) is 8.48. The molecule has 0 N–H and O–H groups in total. The van der Waals surface area contributed by atoms with Gasteiger partial charge in [0.25, 0.3) is 5.22 Å². The van der Waals surface area contributed by atoms with Crippen LogP contribution in [0.1, 0.15) is 29.9 Å². The van der Waals surface area contributed by atoms with Crippen molar-refractivity contribution in [1.29, 1.82) is 0 Å². The second-order valence-electron chi connectivity index (χ2n) is 6.27. The van der Waals surface area contributed by atoms with Gasteiger partial charge in [0.2, 0.25) is 11.8 Å². The van der Waals surface area contributed by atoms with Gasteiger partial charge in [0.1, 0.15) is 0 Å². The van der Waals surface area contributed by atoms with Crippen molar-refractivity contribution in [3.05, 3.63) is 41.3 Å². The van der Waals surface area contributed by atoms with E-state index in [9.17, 15) is 4.79 Å². The number of hydrogen-bond donors (Lipinski definition) is 0. The van der Waals surface area contributed by atoms with E-state index < -0.39 is 0 Å². The second kappa shape index (κ2) is 8.49. The molecular formula is C18H23N3O3S. The van der Waals surface area contributed by atoms with Crippen LogP contribution >= 0.6 is 11.8 Å². The number of ether oxygens (including phenoxy) is 1. The van der Waals surface area contributed by atoms with E-state index in [0.717, 1.165) is 25.0 Å². The predicted molar refractivity (Wildman–Crippen MR) is 95.3 cm³/mol. The lowest BCUT2D eigenvalue weighted by molar-refractivity contribution is -0.130. The fourth-order valence-electron chi connectivity index (χ4n) is 2.87. The minimum atomic E-state index is 0.0536. The maximum absolute atomic E-state index is 12.8. The number of aromatic nitrogens is 2. The summed E-state index contributed by atoms with van der Waals surface area (Å²) in [5, 5.41) is 8.14. The molecule has 1 aromatic carbocycles. The number of hydrogen-bond acceptors (Lipinski definition) is 6. The summed E-state index contributed by atoms with van der Waals surface area (Å²) in [6.45, 7) is 5.79. The molecule has 0 aliphatic carbocycles. The third kappa shape index (κ3) is 5.31. The number of carbonyl (C=O) groups is 1. The van der Waals surface area contributed by atoms with Gasteiger partial charge in [0, 0.05) is 26.6 Å². The Kier molecular flexibility index (Phi) is 6.09. The van der Waals surface area contributed by atoms with E-state index in [2.05, 4.69) is 35.3 Å². The first kappa shape index (κ1) is 17.9. The van der Waals surface area contributed by atoms with Crippen molar-refractivity contribution in [3.8, 4) is 0 Å². The molecule has 1 amide bonds. The van der Waals surface area contributed by atoms with Crippen molar-refractivity contribution in [2.24, 2.45) is 0 Å². The molecule has 1 aliphatic rings. The smallest absolute Gasteiger partial charge is 0.277 e. The van der Waals surface area contributed by atoms with Crippen LogP contribution in [-0.4, -0.2) is 46.0 Å². The molecule has 134 valence electrons. The zero-order chi connectivity index (χ0) is 17.6. The summed E-state index contributed by atoms with van der Waals surface area (Å²) < 4.78 is 11.0. The van der Waals surface area contributed by atoms with Gasteiger partial charge < -0.3 is 14.1 Å². The SMILES string of the molecule is Cc1cccc(CN(CC2CCCO2)C(=O)CSc2nnc(C)o2)c1. The number of nitrogens with zero attached hydrogens (tertiary/aromatic N) is 3. The van der Waals surface area contributed by atoms with Crippen LogP contribution in [0, 0.1) is 13.8 Å². The molecule has 1 atom stereocenters. The fraction of sp³-hybridized carbons (Fsp3) is 0.500. The molecule has 1 unspecified atom stereocenters. The van der Waals surface area contributed by atoms with E-state index in [-0.39, 0.29) is 17.8 Å². The fourth-order valence-corrected chi connectivity index (χ4v) is 3.58. The summed E-state index contributed by atoms with van der Waals surface area (Å²) in [6, 6.07) is 8.25. The van der Waals surface area contributed by atoms with Crippen LogP contribution in [0.4, 0.5) is 0 Å². The van der Waals surface area contributed by atoms with E-state index in [1.54, 1.807) is 6.92 Å². The van der Waals surface area contributed by atoms with E-state index in [4.69, 9.17) is 9.15 Å². The highest BCUT2D eigenvalue weighted by atomic mass is 32.2. The first-order chi connectivity index (χ1) is 12.1. The van der Waals surface area contributed by atoms with Crippen LogP contribution in [0.25, 0.3) is 0 Å². The molecule has 2 heterocycles. The molecular weight excluding hydrogens is 338 g/mol. The molecule has 6 nitrogen and oxygen atoms in total. The summed E-state index contributed by atoms with van der Waals surface area (Å²) in [5.74, 6) is 0.837. The Balaban J connectivity index is 1.64. The van der Waals surface area contributed by atoms with Gasteiger partial charge in [0.15, 0.2) is 0 Å². The van der Waals surface area contributed by atoms with Gasteiger partial charge in [-0.25, -0.2) is 0 Å². The highest BCUT2D eigenvalue weighted by molar-refractivity contribution is 7.99. The Hall–Kier alpha value is -1.86. The molecule has 0 spiro atoms. The van der Waals surface area contributed by atoms with Crippen molar-refractivity contribution in [1.82, 2.24) is 15.1 Å². The van der Waals surface area contributed by atoms with E-state index in [1.807, 2.05) is 11.0 Å². The minimum Gasteiger partial charge on any atom is -0.416 e. The maximum atomic E-state index is 12.8. The Morgan fingerprint density at radius 2 is 2.24 bits per heavy atom. The molecule has 2 aromatic rings. The molecule has 25 heavy (non-hydrogen) atoms. The molecule has 1 aliphatic heterocycles. The lowest BCUT2D eigenvalue weighted by atomic mass is 10.1. The van der Waals surface area contributed by atoms with Gasteiger partial charge in [-0.05, 0) is 25.3 Å². The normalized spacial score (nSPS) is 17.0. The van der Waals surface area contributed by atoms with E-state index in [1.165, 1.54) is 17.3 Å². The van der Waals surface area contributed by atoms with Gasteiger partial charge in [-0.15, -0.1) is 10.2 Å². The summed E-state index contributed by atoms with van der Waals surface area (Å²) in [7, 11) is 0.